The Hall–Kier alpha value is -1.98. The predicted molar refractivity (Wildman–Crippen MR) is 120 cm³/mol. The van der Waals surface area contributed by atoms with Crippen molar-refractivity contribution in [1.29, 1.82) is 0 Å². The maximum Gasteiger partial charge on any atom is 0.223 e. The van der Waals surface area contributed by atoms with Gasteiger partial charge in [-0.25, -0.2) is 0 Å². The van der Waals surface area contributed by atoms with Crippen LogP contribution in [0, 0.1) is 11.8 Å². The summed E-state index contributed by atoms with van der Waals surface area (Å²) in [5, 5.41) is 2.86. The van der Waals surface area contributed by atoms with E-state index in [1.54, 1.807) is 7.05 Å². The highest BCUT2D eigenvalue weighted by Gasteiger charge is 2.24. The van der Waals surface area contributed by atoms with Crippen molar-refractivity contribution >= 4 is 12.1 Å². The second-order valence-corrected chi connectivity index (χ2v) is 8.52. The fourth-order valence-corrected chi connectivity index (χ4v) is 4.44. The van der Waals surface area contributed by atoms with E-state index >= 15 is 0 Å². The zero-order chi connectivity index (χ0) is 20.5. The molecule has 0 saturated carbocycles. The van der Waals surface area contributed by atoms with Gasteiger partial charge >= 0.3 is 0 Å². The zero-order valence-corrected chi connectivity index (χ0v) is 18.0. The molecule has 5 heteroatoms. The van der Waals surface area contributed by atoms with Gasteiger partial charge in [0.1, 0.15) is 0 Å². The molecule has 2 aliphatic heterocycles. The minimum atomic E-state index is 0.0382. The fourth-order valence-electron chi connectivity index (χ4n) is 4.44. The summed E-state index contributed by atoms with van der Waals surface area (Å²) in [5.41, 5.74) is 2.61. The normalized spacial score (nSPS) is 20.1. The molecule has 0 aliphatic carbocycles. The van der Waals surface area contributed by atoms with Crippen LogP contribution in [-0.2, 0) is 11.2 Å². The van der Waals surface area contributed by atoms with Crippen molar-refractivity contribution in [3.8, 4) is 0 Å². The molecule has 2 heterocycles. The van der Waals surface area contributed by atoms with Crippen LogP contribution in [0.25, 0.3) is 0 Å². The third-order valence-electron chi connectivity index (χ3n) is 5.99. The summed E-state index contributed by atoms with van der Waals surface area (Å²) in [4.78, 5) is 21.9. The summed E-state index contributed by atoms with van der Waals surface area (Å²) < 4.78 is 0. The van der Waals surface area contributed by atoms with Crippen LogP contribution in [0.2, 0.25) is 0 Å². The fraction of sp³-hybridized carbons (Fsp3) is 0.583. The van der Waals surface area contributed by atoms with Crippen LogP contribution >= 0.6 is 0 Å². The van der Waals surface area contributed by atoms with E-state index in [1.165, 1.54) is 11.1 Å². The highest BCUT2D eigenvalue weighted by molar-refractivity contribution is 5.79. The number of benzene rings is 1. The number of carbonyl (C=O) groups excluding carboxylic acids is 1. The van der Waals surface area contributed by atoms with E-state index in [0.29, 0.717) is 5.92 Å². The third-order valence-corrected chi connectivity index (χ3v) is 5.99. The van der Waals surface area contributed by atoms with Crippen LogP contribution in [0.4, 0.5) is 0 Å². The molecule has 1 fully saturated rings. The molecule has 3 rings (SSSR count). The van der Waals surface area contributed by atoms with Crippen LogP contribution in [0.15, 0.2) is 47.0 Å². The third kappa shape index (κ3) is 7.09. The van der Waals surface area contributed by atoms with E-state index in [2.05, 4.69) is 45.2 Å². The molecule has 0 radical (unpaired) electrons. The van der Waals surface area contributed by atoms with Crippen LogP contribution in [-0.4, -0.2) is 74.8 Å². The molecule has 2 aliphatic rings. The molecule has 0 aromatic heterocycles. The summed E-state index contributed by atoms with van der Waals surface area (Å²) in [5.74, 6) is 0.699. The van der Waals surface area contributed by atoms with Crippen molar-refractivity contribution in [3.63, 3.8) is 0 Å². The lowest BCUT2D eigenvalue weighted by atomic mass is 9.89. The van der Waals surface area contributed by atoms with Gasteiger partial charge in [-0.15, -0.1) is 0 Å². The Morgan fingerprint density at radius 1 is 1.14 bits per heavy atom. The Kier molecular flexibility index (Phi) is 8.44. The molecular formula is C24H36N4O. The number of rotatable bonds is 9. The minimum absolute atomic E-state index is 0.0382. The molecule has 2 unspecified atom stereocenters. The number of hydrogen-bond acceptors (Lipinski definition) is 4. The molecule has 0 spiro atoms. The first-order valence-electron chi connectivity index (χ1n) is 11.0. The summed E-state index contributed by atoms with van der Waals surface area (Å²) in [6.07, 6.45) is 7.20. The molecule has 158 valence electrons. The number of piperazine rings is 1. The average Bonchev–Trinajstić information content (AvgIpc) is 2.75. The number of nitrogens with zero attached hydrogens (tertiary/aromatic N) is 3. The number of dihydropyridines is 1. The molecular weight excluding hydrogens is 360 g/mol. The first-order chi connectivity index (χ1) is 14.1. The van der Waals surface area contributed by atoms with Crippen LogP contribution in [0.1, 0.15) is 25.3 Å². The Morgan fingerprint density at radius 3 is 2.52 bits per heavy atom. The van der Waals surface area contributed by atoms with Crippen LogP contribution in [0.3, 0.4) is 0 Å². The highest BCUT2D eigenvalue weighted by atomic mass is 16.1. The van der Waals surface area contributed by atoms with E-state index in [9.17, 15) is 4.79 Å². The van der Waals surface area contributed by atoms with Gasteiger partial charge in [-0.1, -0.05) is 43.3 Å². The number of amides is 1. The van der Waals surface area contributed by atoms with E-state index < -0.39 is 0 Å². The molecule has 1 amide bonds. The molecule has 0 bridgehead atoms. The quantitative estimate of drug-likeness (QED) is 0.698. The maximum absolute atomic E-state index is 12.4. The molecule has 1 aromatic carbocycles. The average molecular weight is 397 g/mol. The monoisotopic (exact) mass is 396 g/mol. The lowest BCUT2D eigenvalue weighted by Gasteiger charge is -2.36. The highest BCUT2D eigenvalue weighted by Crippen LogP contribution is 2.20. The number of carbonyl (C=O) groups is 1. The Balaban J connectivity index is 1.44. The molecule has 5 nitrogen and oxygen atoms in total. The van der Waals surface area contributed by atoms with Crippen LogP contribution in [0.5, 0.6) is 0 Å². The van der Waals surface area contributed by atoms with Gasteiger partial charge in [-0.3, -0.25) is 14.7 Å². The lowest BCUT2D eigenvalue weighted by Crippen LogP contribution is -2.48. The molecule has 29 heavy (non-hydrogen) atoms. The zero-order valence-electron chi connectivity index (χ0n) is 18.0. The van der Waals surface area contributed by atoms with Crippen molar-refractivity contribution < 1.29 is 4.79 Å². The molecule has 1 N–H and O–H groups in total. The lowest BCUT2D eigenvalue weighted by molar-refractivity contribution is -0.125. The van der Waals surface area contributed by atoms with Gasteiger partial charge in [-0.2, -0.15) is 0 Å². The van der Waals surface area contributed by atoms with Crippen LogP contribution < -0.4 is 5.32 Å². The van der Waals surface area contributed by atoms with Crippen molar-refractivity contribution in [2.24, 2.45) is 16.8 Å². The summed E-state index contributed by atoms with van der Waals surface area (Å²) >= 11 is 0. The van der Waals surface area contributed by atoms with Gasteiger partial charge in [-0.05, 0) is 36.3 Å². The Bertz CT molecular complexity index is 692. The second kappa shape index (κ2) is 11.3. The SMILES string of the molecule is CNC(=O)C(Cc1ccccc1)CC(C)CN1CCN(CC2=CCCN=C2)CC1. The summed E-state index contributed by atoms with van der Waals surface area (Å²) in [6, 6.07) is 10.4. The first-order valence-corrected chi connectivity index (χ1v) is 11.0. The smallest absolute Gasteiger partial charge is 0.223 e. The van der Waals surface area contributed by atoms with Crippen molar-refractivity contribution in [1.82, 2.24) is 15.1 Å². The Morgan fingerprint density at radius 2 is 1.86 bits per heavy atom. The van der Waals surface area contributed by atoms with Crippen molar-refractivity contribution in [2.45, 2.75) is 26.2 Å². The van der Waals surface area contributed by atoms with Crippen molar-refractivity contribution in [3.05, 3.63) is 47.5 Å². The predicted octanol–water partition coefficient (Wildman–Crippen LogP) is 2.64. The summed E-state index contributed by atoms with van der Waals surface area (Å²) in [6.45, 7) is 9.77. The van der Waals surface area contributed by atoms with Crippen molar-refractivity contribution in [2.75, 3.05) is 52.9 Å². The minimum Gasteiger partial charge on any atom is -0.359 e. The largest absolute Gasteiger partial charge is 0.359 e. The van der Waals surface area contributed by atoms with Gasteiger partial charge in [0.25, 0.3) is 0 Å². The number of nitrogens with one attached hydrogen (secondary N) is 1. The van der Waals surface area contributed by atoms with Gasteiger partial charge in [0.2, 0.25) is 5.91 Å². The van der Waals surface area contributed by atoms with Gasteiger partial charge in [0, 0.05) is 65.0 Å². The Labute approximate surface area is 175 Å². The first kappa shape index (κ1) is 21.7. The molecule has 2 atom stereocenters. The van der Waals surface area contributed by atoms with Gasteiger partial charge in [0.05, 0.1) is 0 Å². The number of aliphatic imine (C=N–C) groups is 1. The second-order valence-electron chi connectivity index (χ2n) is 8.52. The molecule has 1 saturated heterocycles. The number of hydrogen-bond donors (Lipinski definition) is 1. The van der Waals surface area contributed by atoms with E-state index in [4.69, 9.17) is 0 Å². The summed E-state index contributed by atoms with van der Waals surface area (Å²) in [7, 11) is 1.75. The van der Waals surface area contributed by atoms with Gasteiger partial charge < -0.3 is 10.2 Å². The standard InChI is InChI=1S/C24H36N4O/c1-20(15-23(24(29)25-2)16-21-7-4-3-5-8-21)18-27-11-13-28(14-12-27)19-22-9-6-10-26-17-22/h3-5,7-9,17,20,23H,6,10-16,18-19H2,1-2H3,(H,25,29). The van der Waals surface area contributed by atoms with E-state index in [0.717, 1.165) is 65.1 Å². The van der Waals surface area contributed by atoms with E-state index in [-0.39, 0.29) is 11.8 Å². The van der Waals surface area contributed by atoms with Gasteiger partial charge in [0.15, 0.2) is 0 Å². The maximum atomic E-state index is 12.4. The molecule has 1 aromatic rings. The topological polar surface area (TPSA) is 47.9 Å². The van der Waals surface area contributed by atoms with E-state index in [1.807, 2.05) is 24.4 Å².